The van der Waals surface area contributed by atoms with E-state index < -0.39 is 29.6 Å². The number of hydrogen-bond acceptors (Lipinski definition) is 5. The number of amides is 1. The monoisotopic (exact) mass is 261 g/mol. The average molecular weight is 261 g/mol. The average Bonchev–Trinajstić information content (AvgIpc) is 2.45. The van der Waals surface area contributed by atoms with Gasteiger partial charge >= 0.3 is 6.09 Å². The van der Waals surface area contributed by atoms with E-state index in [2.05, 4.69) is 0 Å². The zero-order valence-electron chi connectivity index (χ0n) is 11.6. The molecule has 18 heavy (non-hydrogen) atoms. The smallest absolute Gasteiger partial charge is 0.412 e. The number of ether oxygens (including phenoxy) is 2. The number of nitrogens with zero attached hydrogens (tertiary/aromatic N) is 1. The number of carbonyl (C=O) groups is 1. The van der Waals surface area contributed by atoms with Crippen molar-refractivity contribution in [3.63, 3.8) is 0 Å². The molecule has 1 fully saturated rings. The highest BCUT2D eigenvalue weighted by molar-refractivity contribution is 5.70. The molecule has 6 nitrogen and oxygen atoms in total. The maximum Gasteiger partial charge on any atom is 0.412 e. The molecule has 1 aliphatic heterocycles. The van der Waals surface area contributed by atoms with Crippen LogP contribution in [-0.2, 0) is 9.47 Å². The minimum Gasteiger partial charge on any atom is -0.444 e. The number of aliphatic hydroxyl groups excluding tert-OH is 2. The molecule has 1 saturated heterocycles. The molecule has 0 unspecified atom stereocenters. The summed E-state index contributed by atoms with van der Waals surface area (Å²) in [4.78, 5) is 13.5. The number of aliphatic hydroxyl groups is 2. The summed E-state index contributed by atoms with van der Waals surface area (Å²) in [6.45, 7) is 8.18. The zero-order chi connectivity index (χ0) is 14.1. The first-order valence-corrected chi connectivity index (χ1v) is 6.04. The fraction of sp³-hybridized carbons (Fsp3) is 0.917. The molecule has 0 spiro atoms. The third-order valence-electron chi connectivity index (χ3n) is 2.74. The Balaban J connectivity index is 2.92. The SMILES string of the molecule is CC(C)(C)OC(=O)N1[C@H](CO)[C@@H](CO)OC1(C)C. The van der Waals surface area contributed by atoms with Gasteiger partial charge < -0.3 is 19.7 Å². The lowest BCUT2D eigenvalue weighted by Crippen LogP contribution is -2.51. The third kappa shape index (κ3) is 3.13. The van der Waals surface area contributed by atoms with Gasteiger partial charge in [0, 0.05) is 0 Å². The van der Waals surface area contributed by atoms with Crippen molar-refractivity contribution in [2.75, 3.05) is 13.2 Å². The lowest BCUT2D eigenvalue weighted by molar-refractivity contribution is -0.0867. The van der Waals surface area contributed by atoms with Crippen molar-refractivity contribution in [3.05, 3.63) is 0 Å². The molecule has 2 N–H and O–H groups in total. The molecule has 1 rings (SSSR count). The summed E-state index contributed by atoms with van der Waals surface area (Å²) in [5, 5.41) is 18.6. The fourth-order valence-electron chi connectivity index (χ4n) is 2.10. The van der Waals surface area contributed by atoms with Crippen molar-refractivity contribution in [2.45, 2.75) is 58.1 Å². The molecule has 0 radical (unpaired) electrons. The normalized spacial score (nSPS) is 27.4. The van der Waals surface area contributed by atoms with Crippen LogP contribution in [0.4, 0.5) is 4.79 Å². The van der Waals surface area contributed by atoms with Crippen molar-refractivity contribution >= 4 is 6.09 Å². The zero-order valence-corrected chi connectivity index (χ0v) is 11.6. The van der Waals surface area contributed by atoms with Crippen LogP contribution in [0.3, 0.4) is 0 Å². The van der Waals surface area contributed by atoms with Crippen LogP contribution in [0.2, 0.25) is 0 Å². The molecular formula is C12H23NO5. The van der Waals surface area contributed by atoms with E-state index in [0.717, 1.165) is 0 Å². The topological polar surface area (TPSA) is 79.2 Å². The van der Waals surface area contributed by atoms with E-state index >= 15 is 0 Å². The van der Waals surface area contributed by atoms with Gasteiger partial charge in [0.15, 0.2) is 0 Å². The van der Waals surface area contributed by atoms with Crippen molar-refractivity contribution < 1.29 is 24.5 Å². The fourth-order valence-corrected chi connectivity index (χ4v) is 2.10. The molecule has 1 aliphatic rings. The van der Waals surface area contributed by atoms with Gasteiger partial charge in [0.2, 0.25) is 0 Å². The highest BCUT2D eigenvalue weighted by Crippen LogP contribution is 2.33. The quantitative estimate of drug-likeness (QED) is 0.765. The Labute approximate surface area is 107 Å². The Kier molecular flexibility index (Phi) is 4.25. The van der Waals surface area contributed by atoms with Crippen molar-refractivity contribution in [3.8, 4) is 0 Å². The molecular weight excluding hydrogens is 238 g/mol. The first-order chi connectivity index (χ1) is 8.12. The molecule has 0 bridgehead atoms. The molecule has 0 aliphatic carbocycles. The van der Waals surface area contributed by atoms with Crippen LogP contribution in [0.15, 0.2) is 0 Å². The Morgan fingerprint density at radius 1 is 1.33 bits per heavy atom. The van der Waals surface area contributed by atoms with Gasteiger partial charge in [0.05, 0.1) is 19.3 Å². The van der Waals surface area contributed by atoms with Crippen LogP contribution < -0.4 is 0 Å². The summed E-state index contributed by atoms with van der Waals surface area (Å²) >= 11 is 0. The van der Waals surface area contributed by atoms with E-state index in [9.17, 15) is 15.0 Å². The van der Waals surface area contributed by atoms with E-state index in [1.54, 1.807) is 34.6 Å². The molecule has 2 atom stereocenters. The van der Waals surface area contributed by atoms with Crippen LogP contribution in [0.1, 0.15) is 34.6 Å². The number of hydrogen-bond donors (Lipinski definition) is 2. The van der Waals surface area contributed by atoms with Gasteiger partial charge in [-0.3, -0.25) is 4.90 Å². The number of carbonyl (C=O) groups excluding carboxylic acids is 1. The van der Waals surface area contributed by atoms with E-state index in [4.69, 9.17) is 9.47 Å². The lowest BCUT2D eigenvalue weighted by Gasteiger charge is -2.34. The standard InChI is InChI=1S/C12H23NO5/c1-11(2,3)18-10(16)13-8(6-14)9(7-15)17-12(13,4)5/h8-9,14-15H,6-7H2,1-5H3/t8-,9-/m1/s1. The second-order valence-electron chi connectivity index (χ2n) is 5.89. The maximum absolute atomic E-state index is 12.1. The predicted molar refractivity (Wildman–Crippen MR) is 65.0 cm³/mol. The van der Waals surface area contributed by atoms with Gasteiger partial charge in [0.25, 0.3) is 0 Å². The van der Waals surface area contributed by atoms with E-state index in [1.165, 1.54) is 4.90 Å². The van der Waals surface area contributed by atoms with Crippen LogP contribution in [-0.4, -0.2) is 57.9 Å². The second kappa shape index (κ2) is 5.03. The summed E-state index contributed by atoms with van der Waals surface area (Å²) in [6.07, 6.45) is -1.15. The van der Waals surface area contributed by atoms with Crippen molar-refractivity contribution in [1.82, 2.24) is 4.90 Å². The van der Waals surface area contributed by atoms with Crippen molar-refractivity contribution in [2.24, 2.45) is 0 Å². The summed E-state index contributed by atoms with van der Waals surface area (Å²) in [5.41, 5.74) is -1.53. The highest BCUT2D eigenvalue weighted by atomic mass is 16.6. The van der Waals surface area contributed by atoms with E-state index in [0.29, 0.717) is 0 Å². The van der Waals surface area contributed by atoms with Gasteiger partial charge in [-0.25, -0.2) is 4.79 Å². The minimum absolute atomic E-state index is 0.256. The molecule has 1 amide bonds. The first kappa shape index (κ1) is 15.2. The predicted octanol–water partition coefficient (Wildman–Crippen LogP) is 0.712. The molecule has 0 aromatic carbocycles. The second-order valence-corrected chi connectivity index (χ2v) is 5.89. The van der Waals surface area contributed by atoms with Crippen LogP contribution in [0.25, 0.3) is 0 Å². The van der Waals surface area contributed by atoms with Gasteiger partial charge in [0.1, 0.15) is 17.4 Å². The number of rotatable bonds is 2. The molecule has 106 valence electrons. The van der Waals surface area contributed by atoms with Crippen LogP contribution >= 0.6 is 0 Å². The van der Waals surface area contributed by atoms with Crippen molar-refractivity contribution in [1.29, 1.82) is 0 Å². The van der Waals surface area contributed by atoms with Crippen LogP contribution in [0.5, 0.6) is 0 Å². The Morgan fingerprint density at radius 3 is 2.28 bits per heavy atom. The van der Waals surface area contributed by atoms with Crippen LogP contribution in [0, 0.1) is 0 Å². The lowest BCUT2D eigenvalue weighted by atomic mass is 10.1. The van der Waals surface area contributed by atoms with Gasteiger partial charge in [-0.05, 0) is 34.6 Å². The molecule has 0 aromatic rings. The maximum atomic E-state index is 12.1. The summed E-state index contributed by atoms with van der Waals surface area (Å²) in [7, 11) is 0. The van der Waals surface area contributed by atoms with Gasteiger partial charge in [-0.15, -0.1) is 0 Å². The summed E-state index contributed by atoms with van der Waals surface area (Å²) in [6, 6.07) is -0.597. The Bertz CT molecular complexity index is 310. The molecule has 0 aromatic heterocycles. The Morgan fingerprint density at radius 2 is 1.89 bits per heavy atom. The largest absolute Gasteiger partial charge is 0.444 e. The van der Waals surface area contributed by atoms with Gasteiger partial charge in [-0.2, -0.15) is 0 Å². The van der Waals surface area contributed by atoms with E-state index in [-0.39, 0.29) is 13.2 Å². The van der Waals surface area contributed by atoms with Gasteiger partial charge in [-0.1, -0.05) is 0 Å². The molecule has 1 heterocycles. The summed E-state index contributed by atoms with van der Waals surface area (Å²) in [5.74, 6) is 0. The highest BCUT2D eigenvalue weighted by Gasteiger charge is 2.50. The Hall–Kier alpha value is -0.850. The van der Waals surface area contributed by atoms with E-state index in [1.807, 2.05) is 0 Å². The molecule has 0 saturated carbocycles. The third-order valence-corrected chi connectivity index (χ3v) is 2.74. The first-order valence-electron chi connectivity index (χ1n) is 6.04. The molecule has 6 heteroatoms. The summed E-state index contributed by atoms with van der Waals surface area (Å²) < 4.78 is 10.9. The minimum atomic E-state index is -0.914.